The van der Waals surface area contributed by atoms with Crippen LogP contribution in [0.3, 0.4) is 0 Å². The fourth-order valence-electron chi connectivity index (χ4n) is 5.18. The SMILES string of the molecule is COc1cccc(Nc2ccnc3[nH]c(-c4ccc(N5CCC(N(C)C)CC5)cc4)cc23)c1P(C)C. The molecule has 0 aliphatic carbocycles. The quantitative estimate of drug-likeness (QED) is 0.310. The Morgan fingerprint density at radius 3 is 2.44 bits per heavy atom. The van der Waals surface area contributed by atoms with Crippen molar-refractivity contribution in [3.05, 3.63) is 60.8 Å². The van der Waals surface area contributed by atoms with Crippen LogP contribution >= 0.6 is 7.92 Å². The van der Waals surface area contributed by atoms with Gasteiger partial charge in [0.2, 0.25) is 0 Å². The molecule has 7 heteroatoms. The first-order valence-electron chi connectivity index (χ1n) is 12.6. The maximum atomic E-state index is 5.66. The summed E-state index contributed by atoms with van der Waals surface area (Å²) in [6.07, 6.45) is 4.28. The van der Waals surface area contributed by atoms with E-state index in [9.17, 15) is 0 Å². The van der Waals surface area contributed by atoms with E-state index in [0.717, 1.165) is 46.9 Å². The summed E-state index contributed by atoms with van der Waals surface area (Å²) in [4.78, 5) is 13.0. The molecule has 1 aliphatic heterocycles. The molecule has 0 amide bonds. The third-order valence-corrected chi connectivity index (χ3v) is 8.56. The number of hydrogen-bond acceptors (Lipinski definition) is 5. The van der Waals surface area contributed by atoms with Crippen molar-refractivity contribution in [3.63, 3.8) is 0 Å². The number of ether oxygens (including phenoxy) is 1. The first-order chi connectivity index (χ1) is 17.4. The molecule has 1 saturated heterocycles. The summed E-state index contributed by atoms with van der Waals surface area (Å²) in [6, 6.07) is 20.0. The normalized spacial score (nSPS) is 14.7. The molecule has 0 spiro atoms. The summed E-state index contributed by atoms with van der Waals surface area (Å²) in [5, 5.41) is 5.98. The molecule has 0 radical (unpaired) electrons. The van der Waals surface area contributed by atoms with E-state index in [1.807, 2.05) is 24.4 Å². The second kappa shape index (κ2) is 10.5. The Balaban J connectivity index is 1.39. The van der Waals surface area contributed by atoms with E-state index in [2.05, 4.69) is 88.9 Å². The minimum absolute atomic E-state index is 0.345. The highest BCUT2D eigenvalue weighted by molar-refractivity contribution is 7.64. The average Bonchev–Trinajstić information content (AvgIpc) is 3.34. The van der Waals surface area contributed by atoms with Gasteiger partial charge in [0, 0.05) is 53.1 Å². The van der Waals surface area contributed by atoms with Crippen LogP contribution in [0.1, 0.15) is 12.8 Å². The number of piperidine rings is 1. The molecule has 2 aromatic carbocycles. The number of H-pyrrole nitrogens is 1. The fourth-order valence-corrected chi connectivity index (χ4v) is 6.40. The van der Waals surface area contributed by atoms with Gasteiger partial charge in [0.15, 0.2) is 0 Å². The van der Waals surface area contributed by atoms with Gasteiger partial charge < -0.3 is 24.8 Å². The van der Waals surface area contributed by atoms with Gasteiger partial charge in [-0.25, -0.2) is 4.98 Å². The Kier molecular flexibility index (Phi) is 7.17. The third kappa shape index (κ3) is 4.93. The van der Waals surface area contributed by atoms with Gasteiger partial charge in [0.25, 0.3) is 0 Å². The monoisotopic (exact) mass is 501 g/mol. The number of anilines is 3. The molecular weight excluding hydrogens is 465 g/mol. The van der Waals surface area contributed by atoms with Gasteiger partial charge in [-0.05, 0) is 82.2 Å². The number of fused-ring (bicyclic) bond motifs is 1. The summed E-state index contributed by atoms with van der Waals surface area (Å²) in [5.74, 6) is 0.933. The maximum absolute atomic E-state index is 5.66. The van der Waals surface area contributed by atoms with Crippen molar-refractivity contribution in [2.45, 2.75) is 18.9 Å². The number of aromatic amines is 1. The van der Waals surface area contributed by atoms with Crippen LogP contribution in [-0.4, -0.2) is 68.5 Å². The zero-order chi connectivity index (χ0) is 25.2. The van der Waals surface area contributed by atoms with Crippen molar-refractivity contribution < 1.29 is 4.74 Å². The van der Waals surface area contributed by atoms with Gasteiger partial charge in [0.05, 0.1) is 12.8 Å². The van der Waals surface area contributed by atoms with E-state index < -0.39 is 0 Å². The number of nitrogens with one attached hydrogen (secondary N) is 2. The molecule has 0 atom stereocenters. The molecule has 2 aromatic heterocycles. The Morgan fingerprint density at radius 1 is 1.03 bits per heavy atom. The second-order valence-corrected chi connectivity index (χ2v) is 12.1. The molecule has 3 heterocycles. The lowest BCUT2D eigenvalue weighted by molar-refractivity contribution is 0.249. The van der Waals surface area contributed by atoms with Crippen LogP contribution < -0.4 is 20.3 Å². The summed E-state index contributed by atoms with van der Waals surface area (Å²) >= 11 is 0. The minimum atomic E-state index is -0.345. The van der Waals surface area contributed by atoms with Crippen molar-refractivity contribution in [1.29, 1.82) is 0 Å². The van der Waals surface area contributed by atoms with E-state index in [0.29, 0.717) is 6.04 Å². The Morgan fingerprint density at radius 2 is 1.78 bits per heavy atom. The molecule has 5 rings (SSSR count). The number of aromatic nitrogens is 2. The van der Waals surface area contributed by atoms with Gasteiger partial charge in [0.1, 0.15) is 11.4 Å². The molecule has 4 aromatic rings. The van der Waals surface area contributed by atoms with Crippen LogP contribution in [0, 0.1) is 0 Å². The number of nitrogens with zero attached hydrogens (tertiary/aromatic N) is 3. The zero-order valence-electron chi connectivity index (χ0n) is 21.9. The molecule has 1 fully saturated rings. The van der Waals surface area contributed by atoms with E-state index in [-0.39, 0.29) is 7.92 Å². The largest absolute Gasteiger partial charge is 0.496 e. The summed E-state index contributed by atoms with van der Waals surface area (Å²) in [6.45, 7) is 6.72. The molecule has 36 heavy (non-hydrogen) atoms. The first-order valence-corrected chi connectivity index (χ1v) is 14.8. The van der Waals surface area contributed by atoms with Crippen molar-refractivity contribution in [1.82, 2.24) is 14.9 Å². The van der Waals surface area contributed by atoms with Gasteiger partial charge in [-0.1, -0.05) is 26.1 Å². The first kappa shape index (κ1) is 24.6. The lowest BCUT2D eigenvalue weighted by atomic mass is 10.0. The average molecular weight is 502 g/mol. The van der Waals surface area contributed by atoms with Crippen LogP contribution in [0.2, 0.25) is 0 Å². The highest BCUT2D eigenvalue weighted by Crippen LogP contribution is 2.37. The van der Waals surface area contributed by atoms with E-state index >= 15 is 0 Å². The van der Waals surface area contributed by atoms with Gasteiger partial charge in [-0.15, -0.1) is 0 Å². The lowest BCUT2D eigenvalue weighted by Gasteiger charge is -2.36. The molecule has 0 bridgehead atoms. The van der Waals surface area contributed by atoms with Crippen LogP contribution in [0.4, 0.5) is 17.1 Å². The van der Waals surface area contributed by atoms with Crippen LogP contribution in [0.5, 0.6) is 5.75 Å². The van der Waals surface area contributed by atoms with Gasteiger partial charge >= 0.3 is 0 Å². The highest BCUT2D eigenvalue weighted by Gasteiger charge is 2.21. The number of hydrogen-bond donors (Lipinski definition) is 2. The zero-order valence-corrected chi connectivity index (χ0v) is 22.8. The Hall–Kier alpha value is -3.08. The minimum Gasteiger partial charge on any atom is -0.496 e. The Labute approximate surface area is 215 Å². The number of methoxy groups -OCH3 is 1. The standard InChI is InChI=1S/C29H36N5OP/c1-33(2)21-14-17-34(18-15-21)22-11-9-20(10-12-22)26-19-23-24(13-16-30-29(23)32-26)31-25-7-6-8-27(35-3)28(25)36(4)5/h6-13,16,19,21H,14-15,17-18H2,1-5H3,(H2,30,31,32). The number of rotatable bonds is 7. The molecule has 188 valence electrons. The van der Waals surface area contributed by atoms with Crippen molar-refractivity contribution in [2.24, 2.45) is 0 Å². The topological polar surface area (TPSA) is 56.4 Å². The van der Waals surface area contributed by atoms with E-state index in [4.69, 9.17) is 4.74 Å². The Bertz CT molecular complexity index is 1320. The van der Waals surface area contributed by atoms with Crippen molar-refractivity contribution >= 4 is 41.3 Å². The lowest BCUT2D eigenvalue weighted by Crippen LogP contribution is -2.41. The number of pyridine rings is 1. The smallest absolute Gasteiger partial charge is 0.139 e. The van der Waals surface area contributed by atoms with Crippen LogP contribution in [0.15, 0.2) is 60.8 Å². The maximum Gasteiger partial charge on any atom is 0.139 e. The fraction of sp³-hybridized carbons (Fsp3) is 0.345. The number of benzene rings is 2. The second-order valence-electron chi connectivity index (χ2n) is 9.91. The summed E-state index contributed by atoms with van der Waals surface area (Å²) in [7, 11) is 5.77. The third-order valence-electron chi connectivity index (χ3n) is 7.21. The molecule has 0 saturated carbocycles. The summed E-state index contributed by atoms with van der Waals surface area (Å²) in [5.41, 5.74) is 6.54. The summed E-state index contributed by atoms with van der Waals surface area (Å²) < 4.78 is 5.66. The molecule has 6 nitrogen and oxygen atoms in total. The molecular formula is C29H36N5OP. The predicted molar refractivity (Wildman–Crippen MR) is 155 cm³/mol. The van der Waals surface area contributed by atoms with Gasteiger partial charge in [-0.2, -0.15) is 0 Å². The van der Waals surface area contributed by atoms with Crippen molar-refractivity contribution in [3.8, 4) is 17.0 Å². The highest BCUT2D eigenvalue weighted by atomic mass is 31.1. The van der Waals surface area contributed by atoms with E-state index in [1.54, 1.807) is 7.11 Å². The van der Waals surface area contributed by atoms with Crippen LogP contribution in [0.25, 0.3) is 22.3 Å². The molecule has 0 unspecified atom stereocenters. The molecule has 2 N–H and O–H groups in total. The predicted octanol–water partition coefficient (Wildman–Crippen LogP) is 5.88. The van der Waals surface area contributed by atoms with Crippen molar-refractivity contribution in [2.75, 3.05) is 57.8 Å². The van der Waals surface area contributed by atoms with Crippen LogP contribution in [-0.2, 0) is 0 Å². The van der Waals surface area contributed by atoms with E-state index in [1.165, 1.54) is 29.4 Å². The van der Waals surface area contributed by atoms with Gasteiger partial charge in [-0.3, -0.25) is 0 Å². The molecule has 1 aliphatic rings.